The average molecular weight is 495 g/mol. The third-order valence-electron chi connectivity index (χ3n) is 7.50. The molecule has 2 aliphatic rings. The van der Waals surface area contributed by atoms with E-state index in [0.29, 0.717) is 30.6 Å². The summed E-state index contributed by atoms with van der Waals surface area (Å²) in [5, 5.41) is 11.4. The fourth-order valence-corrected chi connectivity index (χ4v) is 4.89. The first-order chi connectivity index (χ1) is 16.7. The standard InChI is InChI=1S/C32H46O4/c1-11-23(8)27(33)26-28(34)25(17-15-22(6)7)30-31(9,29(26)35)19-24(16-14-21(4)5)32(10,36-30)18-12-13-20(2)3/h12-15,18,23-24,34H,11,16-17,19H2,1-10H3/b18-12+/t23?,24-,31-,32+/m1/s1. The van der Waals surface area contributed by atoms with Crippen molar-refractivity contribution in [1.29, 1.82) is 0 Å². The molecule has 1 N–H and O–H groups in total. The Bertz CT molecular complexity index is 1070. The third kappa shape index (κ3) is 6.19. The highest BCUT2D eigenvalue weighted by Crippen LogP contribution is 2.55. The normalized spacial score (nSPS) is 26.8. The monoisotopic (exact) mass is 494 g/mol. The van der Waals surface area contributed by atoms with Crippen molar-refractivity contribution in [3.63, 3.8) is 0 Å². The van der Waals surface area contributed by atoms with Crippen molar-refractivity contribution in [1.82, 2.24) is 0 Å². The minimum atomic E-state index is -1.01. The van der Waals surface area contributed by atoms with Gasteiger partial charge in [-0.15, -0.1) is 0 Å². The number of hydrogen-bond acceptors (Lipinski definition) is 4. The zero-order valence-corrected chi connectivity index (χ0v) is 24.0. The van der Waals surface area contributed by atoms with Crippen LogP contribution in [0.15, 0.2) is 69.8 Å². The Morgan fingerprint density at radius 2 is 1.69 bits per heavy atom. The number of allylic oxidation sites excluding steroid dienone is 10. The number of fused-ring (bicyclic) bond motifs is 1. The summed E-state index contributed by atoms with van der Waals surface area (Å²) in [6.07, 6.45) is 12.6. The van der Waals surface area contributed by atoms with E-state index < -0.39 is 11.0 Å². The smallest absolute Gasteiger partial charge is 0.183 e. The molecule has 0 aromatic heterocycles. The molecule has 4 heteroatoms. The number of hydrogen-bond donors (Lipinski definition) is 1. The molecule has 36 heavy (non-hydrogen) atoms. The first kappa shape index (κ1) is 29.6. The maximum Gasteiger partial charge on any atom is 0.183 e. The molecule has 0 saturated carbocycles. The Balaban J connectivity index is 2.81. The van der Waals surface area contributed by atoms with Gasteiger partial charge in [0.2, 0.25) is 0 Å². The summed E-state index contributed by atoms with van der Waals surface area (Å²) >= 11 is 0. The van der Waals surface area contributed by atoms with Crippen molar-refractivity contribution in [2.45, 2.75) is 101 Å². The van der Waals surface area contributed by atoms with E-state index in [9.17, 15) is 14.7 Å². The Morgan fingerprint density at radius 1 is 1.08 bits per heavy atom. The molecule has 0 bridgehead atoms. The predicted octanol–water partition coefficient (Wildman–Crippen LogP) is 8.29. The molecule has 1 heterocycles. The Kier molecular flexibility index (Phi) is 9.56. The van der Waals surface area contributed by atoms with Crippen LogP contribution < -0.4 is 0 Å². The summed E-state index contributed by atoms with van der Waals surface area (Å²) in [6.45, 7) is 19.9. The van der Waals surface area contributed by atoms with Gasteiger partial charge < -0.3 is 9.84 Å². The second-order valence-corrected chi connectivity index (χ2v) is 11.7. The van der Waals surface area contributed by atoms with Gasteiger partial charge in [0, 0.05) is 17.4 Å². The molecule has 1 saturated heterocycles. The molecule has 2 rings (SSSR count). The van der Waals surface area contributed by atoms with Gasteiger partial charge in [0.05, 0.1) is 5.41 Å². The lowest BCUT2D eigenvalue weighted by Gasteiger charge is -2.50. The van der Waals surface area contributed by atoms with Crippen LogP contribution >= 0.6 is 0 Å². The summed E-state index contributed by atoms with van der Waals surface area (Å²) in [5.41, 5.74) is 2.28. The van der Waals surface area contributed by atoms with Crippen molar-refractivity contribution >= 4 is 11.6 Å². The van der Waals surface area contributed by atoms with Gasteiger partial charge in [-0.1, -0.05) is 54.9 Å². The lowest BCUT2D eigenvalue weighted by molar-refractivity contribution is -0.139. The maximum atomic E-state index is 14.0. The molecule has 1 aliphatic heterocycles. The quantitative estimate of drug-likeness (QED) is 0.199. The highest BCUT2D eigenvalue weighted by molar-refractivity contribution is 6.24. The van der Waals surface area contributed by atoms with E-state index in [1.165, 1.54) is 11.1 Å². The SMILES string of the molecule is CCC(C)C(=O)C1=C(O)C(CC=C(C)C)=C2O[C@@](C)(/C=C/C=C(C)C)[C@H](CC=C(C)C)C[C@]2(C)C1=O. The molecule has 4 nitrogen and oxygen atoms in total. The molecule has 4 atom stereocenters. The first-order valence-corrected chi connectivity index (χ1v) is 13.2. The molecule has 198 valence electrons. The van der Waals surface area contributed by atoms with Crippen molar-refractivity contribution in [3.05, 3.63) is 69.8 Å². The van der Waals surface area contributed by atoms with Crippen LogP contribution in [0.25, 0.3) is 0 Å². The lowest BCUT2D eigenvalue weighted by Crippen LogP contribution is -2.52. The van der Waals surface area contributed by atoms with Crippen LogP contribution in [0.5, 0.6) is 0 Å². The summed E-state index contributed by atoms with van der Waals surface area (Å²) in [5.74, 6) is -0.651. The van der Waals surface area contributed by atoms with Gasteiger partial charge in [0.15, 0.2) is 11.6 Å². The summed E-state index contributed by atoms with van der Waals surface area (Å²) in [6, 6.07) is 0. The first-order valence-electron chi connectivity index (χ1n) is 13.2. The molecule has 0 spiro atoms. The van der Waals surface area contributed by atoms with Crippen LogP contribution in [0.4, 0.5) is 0 Å². The topological polar surface area (TPSA) is 63.6 Å². The molecule has 1 fully saturated rings. The molecule has 0 amide bonds. The van der Waals surface area contributed by atoms with Gasteiger partial charge in [0.25, 0.3) is 0 Å². The van der Waals surface area contributed by atoms with Crippen LogP contribution in [0.2, 0.25) is 0 Å². The van der Waals surface area contributed by atoms with E-state index in [1.54, 1.807) is 0 Å². The Morgan fingerprint density at radius 3 is 2.22 bits per heavy atom. The number of carbonyl (C=O) groups is 2. The number of ketones is 2. The average Bonchev–Trinajstić information content (AvgIpc) is 2.78. The summed E-state index contributed by atoms with van der Waals surface area (Å²) < 4.78 is 6.79. The van der Waals surface area contributed by atoms with E-state index in [-0.39, 0.29) is 34.7 Å². The number of Topliss-reactive ketones (excluding diaryl/α,β-unsaturated/α-hetero) is 2. The Labute approximate surface area is 218 Å². The highest BCUT2D eigenvalue weighted by atomic mass is 16.5. The summed E-state index contributed by atoms with van der Waals surface area (Å²) in [4.78, 5) is 27.4. The molecule has 0 radical (unpaired) electrons. The minimum Gasteiger partial charge on any atom is -0.507 e. The molecule has 0 aromatic rings. The number of aliphatic hydroxyl groups is 1. The zero-order valence-electron chi connectivity index (χ0n) is 24.0. The molecule has 0 aromatic carbocycles. The number of ether oxygens (including phenoxy) is 1. The van der Waals surface area contributed by atoms with E-state index in [0.717, 1.165) is 12.0 Å². The maximum absolute atomic E-state index is 14.0. The van der Waals surface area contributed by atoms with Gasteiger partial charge in [-0.25, -0.2) is 0 Å². The molecule has 1 aliphatic carbocycles. The second-order valence-electron chi connectivity index (χ2n) is 11.7. The van der Waals surface area contributed by atoms with Crippen LogP contribution in [-0.2, 0) is 14.3 Å². The van der Waals surface area contributed by atoms with Crippen LogP contribution in [0, 0.1) is 17.3 Å². The number of aliphatic hydroxyl groups excluding tert-OH is 1. The third-order valence-corrected chi connectivity index (χ3v) is 7.50. The fraction of sp³-hybridized carbons (Fsp3) is 0.562. The highest BCUT2D eigenvalue weighted by Gasteiger charge is 2.56. The van der Waals surface area contributed by atoms with Gasteiger partial charge in [-0.3, -0.25) is 9.59 Å². The van der Waals surface area contributed by atoms with Crippen molar-refractivity contribution in [2.75, 3.05) is 0 Å². The van der Waals surface area contributed by atoms with Gasteiger partial charge in [0.1, 0.15) is 22.7 Å². The molecular weight excluding hydrogens is 448 g/mol. The van der Waals surface area contributed by atoms with Crippen molar-refractivity contribution in [3.8, 4) is 0 Å². The molecule has 1 unspecified atom stereocenters. The van der Waals surface area contributed by atoms with Gasteiger partial charge >= 0.3 is 0 Å². The second kappa shape index (κ2) is 11.6. The fourth-order valence-electron chi connectivity index (χ4n) is 4.89. The van der Waals surface area contributed by atoms with E-state index >= 15 is 0 Å². The van der Waals surface area contributed by atoms with E-state index in [1.807, 2.05) is 66.7 Å². The van der Waals surface area contributed by atoms with Crippen LogP contribution in [0.3, 0.4) is 0 Å². The summed E-state index contributed by atoms with van der Waals surface area (Å²) in [7, 11) is 0. The van der Waals surface area contributed by atoms with E-state index in [4.69, 9.17) is 4.74 Å². The van der Waals surface area contributed by atoms with Crippen molar-refractivity contribution in [2.24, 2.45) is 17.3 Å². The Hall–Kier alpha value is -2.62. The number of carbonyl (C=O) groups excluding carboxylic acids is 2. The van der Waals surface area contributed by atoms with Crippen LogP contribution in [-0.4, -0.2) is 22.3 Å². The van der Waals surface area contributed by atoms with E-state index in [2.05, 4.69) is 32.9 Å². The molecular formula is C32H46O4. The minimum absolute atomic E-state index is 0.0109. The lowest BCUT2D eigenvalue weighted by atomic mass is 9.62. The largest absolute Gasteiger partial charge is 0.507 e. The van der Waals surface area contributed by atoms with Crippen LogP contribution in [0.1, 0.15) is 94.9 Å². The predicted molar refractivity (Wildman–Crippen MR) is 149 cm³/mol. The van der Waals surface area contributed by atoms with Gasteiger partial charge in [-0.2, -0.15) is 0 Å². The number of rotatable bonds is 9. The van der Waals surface area contributed by atoms with Gasteiger partial charge in [-0.05, 0) is 87.1 Å². The van der Waals surface area contributed by atoms with Crippen molar-refractivity contribution < 1.29 is 19.4 Å². The zero-order chi connectivity index (χ0) is 27.4.